The van der Waals surface area contributed by atoms with Crippen LogP contribution in [-0.2, 0) is 19.1 Å². The van der Waals surface area contributed by atoms with E-state index in [4.69, 9.17) is 9.47 Å². The van der Waals surface area contributed by atoms with Crippen molar-refractivity contribution in [2.24, 2.45) is 16.2 Å². The Morgan fingerprint density at radius 2 is 1.38 bits per heavy atom. The van der Waals surface area contributed by atoms with Crippen LogP contribution < -0.4 is 0 Å². The topological polar surface area (TPSA) is 72.8 Å². The smallest absolute Gasteiger partial charge is 0.333 e. The van der Waals surface area contributed by atoms with Gasteiger partial charge >= 0.3 is 11.9 Å². The lowest BCUT2D eigenvalue weighted by Crippen LogP contribution is -2.51. The van der Waals surface area contributed by atoms with Gasteiger partial charge in [-0.25, -0.2) is 4.79 Å². The molecular formula is C19H34O5. The average Bonchev–Trinajstić information content (AvgIpc) is 2.45. The molecule has 0 aromatic rings. The van der Waals surface area contributed by atoms with E-state index in [-0.39, 0.29) is 30.0 Å². The van der Waals surface area contributed by atoms with Crippen molar-refractivity contribution < 1.29 is 24.2 Å². The minimum Gasteiger partial charge on any atom is -0.462 e. The molecule has 0 rings (SSSR count). The summed E-state index contributed by atoms with van der Waals surface area (Å²) in [7, 11) is 0. The molecule has 5 heteroatoms. The second-order valence-electron chi connectivity index (χ2n) is 8.43. The number of rotatable bonds is 7. The Morgan fingerprint density at radius 3 is 1.75 bits per heavy atom. The van der Waals surface area contributed by atoms with Crippen molar-refractivity contribution in [3.05, 3.63) is 12.2 Å². The van der Waals surface area contributed by atoms with Gasteiger partial charge in [0.2, 0.25) is 0 Å². The van der Waals surface area contributed by atoms with E-state index >= 15 is 0 Å². The Balaban J connectivity index is 4.76. The fourth-order valence-electron chi connectivity index (χ4n) is 2.52. The lowest BCUT2D eigenvalue weighted by molar-refractivity contribution is -0.176. The molecule has 0 bridgehead atoms. The molecule has 0 aliphatic carbocycles. The van der Waals surface area contributed by atoms with Gasteiger partial charge in [-0.1, -0.05) is 55.0 Å². The lowest BCUT2D eigenvalue weighted by Gasteiger charge is -2.48. The van der Waals surface area contributed by atoms with Crippen LogP contribution in [0.5, 0.6) is 0 Å². The maximum atomic E-state index is 12.7. The van der Waals surface area contributed by atoms with E-state index in [0.717, 1.165) is 0 Å². The molecule has 5 nitrogen and oxygen atoms in total. The highest BCUT2D eigenvalue weighted by atomic mass is 16.6. The van der Waals surface area contributed by atoms with E-state index in [2.05, 4.69) is 6.58 Å². The SMILES string of the molecule is C=C(CC)C(=O)OCC(O)COC(=O)C(C)(C(C)(C)C)C(C)(C)C. The Bertz CT molecular complexity index is 451. The Morgan fingerprint density at radius 1 is 0.958 bits per heavy atom. The number of esters is 2. The monoisotopic (exact) mass is 342 g/mol. The van der Waals surface area contributed by atoms with Gasteiger partial charge in [0.25, 0.3) is 0 Å². The van der Waals surface area contributed by atoms with Gasteiger partial charge in [-0.15, -0.1) is 0 Å². The van der Waals surface area contributed by atoms with Gasteiger partial charge < -0.3 is 14.6 Å². The molecule has 1 atom stereocenters. The quantitative estimate of drug-likeness (QED) is 0.566. The van der Waals surface area contributed by atoms with Crippen molar-refractivity contribution >= 4 is 11.9 Å². The summed E-state index contributed by atoms with van der Waals surface area (Å²) < 4.78 is 10.3. The third kappa shape index (κ3) is 5.33. The zero-order valence-electron chi connectivity index (χ0n) is 16.5. The molecule has 0 fully saturated rings. The second-order valence-corrected chi connectivity index (χ2v) is 8.43. The molecule has 0 heterocycles. The van der Waals surface area contributed by atoms with E-state index in [1.807, 2.05) is 48.5 Å². The molecule has 0 aliphatic heterocycles. The highest BCUT2D eigenvalue weighted by Crippen LogP contribution is 2.52. The molecule has 0 saturated carbocycles. The first-order valence-corrected chi connectivity index (χ1v) is 8.38. The summed E-state index contributed by atoms with van der Waals surface area (Å²) in [5.74, 6) is -0.914. The van der Waals surface area contributed by atoms with Crippen LogP contribution in [0.2, 0.25) is 0 Å². The number of carbonyl (C=O) groups is 2. The molecule has 0 amide bonds. The molecule has 0 saturated heterocycles. The van der Waals surface area contributed by atoms with Crippen LogP contribution in [0, 0.1) is 16.2 Å². The van der Waals surface area contributed by atoms with Crippen LogP contribution >= 0.6 is 0 Å². The number of carbonyl (C=O) groups excluding carboxylic acids is 2. The molecule has 0 aromatic heterocycles. The van der Waals surface area contributed by atoms with Gasteiger partial charge in [0.15, 0.2) is 0 Å². The number of aliphatic hydroxyl groups excluding tert-OH is 1. The van der Waals surface area contributed by atoms with Crippen LogP contribution in [-0.4, -0.2) is 36.4 Å². The lowest BCUT2D eigenvalue weighted by atomic mass is 9.55. The molecule has 1 N–H and O–H groups in total. The van der Waals surface area contributed by atoms with Crippen molar-refractivity contribution in [2.45, 2.75) is 67.9 Å². The van der Waals surface area contributed by atoms with Gasteiger partial charge in [-0.3, -0.25) is 4.79 Å². The van der Waals surface area contributed by atoms with Gasteiger partial charge in [-0.2, -0.15) is 0 Å². The van der Waals surface area contributed by atoms with Crippen molar-refractivity contribution in [1.29, 1.82) is 0 Å². The first-order chi connectivity index (χ1) is 10.7. The number of ether oxygens (including phenoxy) is 2. The Kier molecular flexibility index (Phi) is 7.68. The van der Waals surface area contributed by atoms with Gasteiger partial charge in [0.05, 0.1) is 5.41 Å². The third-order valence-electron chi connectivity index (χ3n) is 4.94. The summed E-state index contributed by atoms with van der Waals surface area (Å²) in [6, 6.07) is 0. The highest BCUT2D eigenvalue weighted by molar-refractivity contribution is 5.87. The summed E-state index contributed by atoms with van der Waals surface area (Å²) in [5.41, 5.74) is -1.04. The molecular weight excluding hydrogens is 308 g/mol. The Hall–Kier alpha value is -1.36. The van der Waals surface area contributed by atoms with E-state index < -0.39 is 17.5 Å². The molecule has 24 heavy (non-hydrogen) atoms. The fraction of sp³-hybridized carbons (Fsp3) is 0.789. The first kappa shape index (κ1) is 22.6. The standard InChI is InChI=1S/C19H34O5/c1-10-13(2)15(21)23-11-14(20)12-24-16(22)19(9,17(3,4)5)18(6,7)8/h14,20H,2,10-12H2,1,3-9H3. The number of hydrogen-bond acceptors (Lipinski definition) is 5. The molecule has 1 unspecified atom stereocenters. The number of aliphatic hydroxyl groups is 1. The van der Waals surface area contributed by atoms with Crippen LogP contribution in [0.1, 0.15) is 61.8 Å². The van der Waals surface area contributed by atoms with Crippen LogP contribution in [0.3, 0.4) is 0 Å². The van der Waals surface area contributed by atoms with Crippen molar-refractivity contribution in [3.8, 4) is 0 Å². The minimum absolute atomic E-state index is 0.216. The minimum atomic E-state index is -1.06. The van der Waals surface area contributed by atoms with Crippen LogP contribution in [0.15, 0.2) is 12.2 Å². The summed E-state index contributed by atoms with van der Waals surface area (Å²) in [4.78, 5) is 24.2. The van der Waals surface area contributed by atoms with Crippen LogP contribution in [0.25, 0.3) is 0 Å². The third-order valence-corrected chi connectivity index (χ3v) is 4.94. The van der Waals surface area contributed by atoms with E-state index in [0.29, 0.717) is 12.0 Å². The predicted molar refractivity (Wildman–Crippen MR) is 94.4 cm³/mol. The normalized spacial score (nSPS) is 14.0. The summed E-state index contributed by atoms with van der Waals surface area (Å²) in [6.07, 6.45) is -0.578. The van der Waals surface area contributed by atoms with E-state index in [9.17, 15) is 14.7 Å². The largest absolute Gasteiger partial charge is 0.462 e. The summed E-state index contributed by atoms with van der Waals surface area (Å²) in [5, 5.41) is 9.89. The molecule has 0 radical (unpaired) electrons. The van der Waals surface area contributed by atoms with Crippen molar-refractivity contribution in [1.82, 2.24) is 0 Å². The van der Waals surface area contributed by atoms with Gasteiger partial charge in [0.1, 0.15) is 19.3 Å². The predicted octanol–water partition coefficient (Wildman–Crippen LogP) is 3.50. The maximum absolute atomic E-state index is 12.7. The molecule has 140 valence electrons. The van der Waals surface area contributed by atoms with Crippen molar-refractivity contribution in [3.63, 3.8) is 0 Å². The van der Waals surface area contributed by atoms with Gasteiger partial charge in [-0.05, 0) is 24.2 Å². The maximum Gasteiger partial charge on any atom is 0.333 e. The van der Waals surface area contributed by atoms with Crippen LogP contribution in [0.4, 0.5) is 0 Å². The molecule has 0 aliphatic rings. The van der Waals surface area contributed by atoms with Crippen molar-refractivity contribution in [2.75, 3.05) is 13.2 Å². The highest BCUT2D eigenvalue weighted by Gasteiger charge is 2.53. The first-order valence-electron chi connectivity index (χ1n) is 8.38. The Labute approximate surface area is 146 Å². The zero-order valence-corrected chi connectivity index (χ0v) is 16.5. The average molecular weight is 342 g/mol. The summed E-state index contributed by atoms with van der Waals surface area (Å²) >= 11 is 0. The molecule has 0 spiro atoms. The zero-order chi connectivity index (χ0) is 19.3. The second kappa shape index (κ2) is 8.15. The van der Waals surface area contributed by atoms with E-state index in [1.165, 1.54) is 0 Å². The summed E-state index contributed by atoms with van der Waals surface area (Å²) in [6.45, 7) is 18.8. The number of hydrogen-bond donors (Lipinski definition) is 1. The van der Waals surface area contributed by atoms with Gasteiger partial charge in [0, 0.05) is 5.57 Å². The van der Waals surface area contributed by atoms with E-state index in [1.54, 1.807) is 6.92 Å². The fourth-order valence-corrected chi connectivity index (χ4v) is 2.52. The molecule has 0 aromatic carbocycles.